The van der Waals surface area contributed by atoms with Gasteiger partial charge in [-0.2, -0.15) is 5.10 Å². The highest BCUT2D eigenvalue weighted by Crippen LogP contribution is 2.28. The van der Waals surface area contributed by atoms with Crippen molar-refractivity contribution in [3.05, 3.63) is 65.2 Å². The predicted octanol–water partition coefficient (Wildman–Crippen LogP) is 4.13. The second kappa shape index (κ2) is 9.09. The number of piperazine rings is 1. The lowest BCUT2D eigenvalue weighted by atomic mass is 10.0. The van der Waals surface area contributed by atoms with E-state index in [4.69, 9.17) is 9.97 Å². The van der Waals surface area contributed by atoms with Gasteiger partial charge in [0.1, 0.15) is 11.6 Å². The molecule has 0 spiro atoms. The molecule has 0 saturated carbocycles. The molecular formula is C27H31N7O. The Morgan fingerprint density at radius 1 is 0.943 bits per heavy atom. The van der Waals surface area contributed by atoms with Crippen LogP contribution in [0.2, 0.25) is 0 Å². The van der Waals surface area contributed by atoms with Crippen molar-refractivity contribution < 1.29 is 4.79 Å². The van der Waals surface area contributed by atoms with Crippen LogP contribution in [0.15, 0.2) is 42.5 Å². The molecule has 1 aliphatic rings. The van der Waals surface area contributed by atoms with Crippen molar-refractivity contribution in [1.29, 1.82) is 0 Å². The third kappa shape index (κ3) is 4.36. The number of anilines is 1. The van der Waals surface area contributed by atoms with Gasteiger partial charge in [-0.15, -0.1) is 0 Å². The van der Waals surface area contributed by atoms with Crippen LogP contribution < -0.4 is 4.90 Å². The number of aryl methyl sites for hydroxylation is 3. The van der Waals surface area contributed by atoms with Crippen LogP contribution in [0.3, 0.4) is 0 Å². The molecule has 0 atom stereocenters. The molecule has 8 heteroatoms. The summed E-state index contributed by atoms with van der Waals surface area (Å²) in [6, 6.07) is 13.9. The molecule has 8 nitrogen and oxygen atoms in total. The Kier molecular flexibility index (Phi) is 5.96. The number of amides is 1. The Morgan fingerprint density at radius 2 is 1.66 bits per heavy atom. The van der Waals surface area contributed by atoms with Gasteiger partial charge in [0.05, 0.1) is 22.3 Å². The van der Waals surface area contributed by atoms with Crippen molar-refractivity contribution in [1.82, 2.24) is 29.6 Å². The van der Waals surface area contributed by atoms with Crippen LogP contribution in [-0.2, 0) is 7.05 Å². The largest absolute Gasteiger partial charge is 0.353 e. The smallest absolute Gasteiger partial charge is 0.254 e. The van der Waals surface area contributed by atoms with Crippen LogP contribution in [0.1, 0.15) is 47.3 Å². The topological polar surface area (TPSA) is 80.0 Å². The van der Waals surface area contributed by atoms with Crippen LogP contribution in [-0.4, -0.2) is 61.7 Å². The number of hydrogen-bond donors (Lipinski definition) is 0. The molecule has 1 aromatic carbocycles. The van der Waals surface area contributed by atoms with Crippen LogP contribution >= 0.6 is 0 Å². The van der Waals surface area contributed by atoms with Crippen LogP contribution in [0.5, 0.6) is 0 Å². The zero-order chi connectivity index (χ0) is 24.7. The fourth-order valence-corrected chi connectivity index (χ4v) is 4.67. The van der Waals surface area contributed by atoms with Crippen molar-refractivity contribution >= 4 is 22.8 Å². The van der Waals surface area contributed by atoms with Gasteiger partial charge in [0.15, 0.2) is 5.65 Å². The van der Waals surface area contributed by atoms with E-state index in [2.05, 4.69) is 28.8 Å². The van der Waals surface area contributed by atoms with E-state index in [9.17, 15) is 4.79 Å². The average Bonchev–Trinajstić information content (AvgIpc) is 3.16. The van der Waals surface area contributed by atoms with E-state index in [1.165, 1.54) is 0 Å². The predicted molar refractivity (Wildman–Crippen MR) is 138 cm³/mol. The highest BCUT2D eigenvalue weighted by atomic mass is 16.2. The summed E-state index contributed by atoms with van der Waals surface area (Å²) in [5.41, 5.74) is 4.93. The molecule has 35 heavy (non-hydrogen) atoms. The molecule has 1 saturated heterocycles. The van der Waals surface area contributed by atoms with Gasteiger partial charge in [0.2, 0.25) is 0 Å². The highest BCUT2D eigenvalue weighted by Gasteiger charge is 2.27. The summed E-state index contributed by atoms with van der Waals surface area (Å²) in [5, 5.41) is 5.38. The Bertz CT molecular complexity index is 1390. The minimum atomic E-state index is 0.0204. The number of carbonyl (C=O) groups excluding carboxylic acids is 1. The number of rotatable bonds is 4. The zero-order valence-corrected chi connectivity index (χ0v) is 21.0. The first-order valence-corrected chi connectivity index (χ1v) is 12.1. The summed E-state index contributed by atoms with van der Waals surface area (Å²) < 4.78 is 1.76. The number of pyridine rings is 1. The minimum absolute atomic E-state index is 0.0204. The molecule has 1 amide bonds. The molecule has 0 unspecified atom stereocenters. The van der Waals surface area contributed by atoms with Gasteiger partial charge in [0, 0.05) is 56.5 Å². The molecule has 1 fully saturated rings. The summed E-state index contributed by atoms with van der Waals surface area (Å²) >= 11 is 0. The fraction of sp³-hybridized carbons (Fsp3) is 0.370. The maximum Gasteiger partial charge on any atom is 0.254 e. The second-order valence-corrected chi connectivity index (χ2v) is 9.49. The maximum atomic E-state index is 13.8. The van der Waals surface area contributed by atoms with E-state index in [1.807, 2.05) is 68.3 Å². The van der Waals surface area contributed by atoms with E-state index in [-0.39, 0.29) is 11.8 Å². The zero-order valence-electron chi connectivity index (χ0n) is 21.0. The van der Waals surface area contributed by atoms with Gasteiger partial charge in [-0.3, -0.25) is 9.48 Å². The number of carbonyl (C=O) groups is 1. The third-order valence-corrected chi connectivity index (χ3v) is 6.53. The van der Waals surface area contributed by atoms with Crippen molar-refractivity contribution in [3.63, 3.8) is 0 Å². The molecule has 0 radical (unpaired) electrons. The molecule has 1 aliphatic heterocycles. The number of benzene rings is 1. The van der Waals surface area contributed by atoms with Crippen molar-refractivity contribution in [2.24, 2.45) is 7.05 Å². The summed E-state index contributed by atoms with van der Waals surface area (Å²) in [4.78, 5) is 32.2. The Balaban J connectivity index is 1.44. The molecule has 4 heterocycles. The third-order valence-electron chi connectivity index (χ3n) is 6.53. The van der Waals surface area contributed by atoms with Gasteiger partial charge < -0.3 is 9.80 Å². The van der Waals surface area contributed by atoms with Gasteiger partial charge in [-0.05, 0) is 19.9 Å². The van der Waals surface area contributed by atoms with E-state index < -0.39 is 0 Å². The molecule has 5 rings (SSSR count). The standard InChI is InChI=1S/C27H31N7O/c1-17(2)25-28-18(3)15-23(30-25)33-11-13-34(14-12-33)27(35)21-16-22(20-9-7-6-8-10-20)29-26-24(21)19(4)31-32(26)5/h6-10,15-17H,11-14H2,1-5H3. The van der Waals surface area contributed by atoms with Gasteiger partial charge in [-0.1, -0.05) is 44.2 Å². The van der Waals surface area contributed by atoms with Crippen molar-refractivity contribution in [3.8, 4) is 11.3 Å². The van der Waals surface area contributed by atoms with E-state index >= 15 is 0 Å². The van der Waals surface area contributed by atoms with E-state index in [1.54, 1.807) is 4.68 Å². The van der Waals surface area contributed by atoms with Crippen molar-refractivity contribution in [2.45, 2.75) is 33.6 Å². The monoisotopic (exact) mass is 469 g/mol. The highest BCUT2D eigenvalue weighted by molar-refractivity contribution is 6.07. The molecular weight excluding hydrogens is 438 g/mol. The first-order chi connectivity index (χ1) is 16.8. The number of hydrogen-bond acceptors (Lipinski definition) is 6. The SMILES string of the molecule is Cc1cc(N2CCN(C(=O)c3cc(-c4ccccc4)nc4c3c(C)nn4C)CC2)nc(C(C)C)n1. The first-order valence-electron chi connectivity index (χ1n) is 12.1. The molecule has 180 valence electrons. The minimum Gasteiger partial charge on any atom is -0.353 e. The lowest BCUT2D eigenvalue weighted by Crippen LogP contribution is -2.49. The number of nitrogens with zero attached hydrogens (tertiary/aromatic N) is 7. The Labute approximate surface area is 205 Å². The fourth-order valence-electron chi connectivity index (χ4n) is 4.67. The van der Waals surface area contributed by atoms with E-state index in [0.29, 0.717) is 18.7 Å². The molecule has 0 bridgehead atoms. The molecule has 4 aromatic rings. The lowest BCUT2D eigenvalue weighted by Gasteiger charge is -2.35. The van der Waals surface area contributed by atoms with Crippen molar-refractivity contribution in [2.75, 3.05) is 31.1 Å². The Hall–Kier alpha value is -3.81. The normalized spacial score (nSPS) is 14.2. The average molecular weight is 470 g/mol. The molecule has 0 N–H and O–H groups in total. The Morgan fingerprint density at radius 3 is 2.34 bits per heavy atom. The second-order valence-electron chi connectivity index (χ2n) is 9.49. The van der Waals surface area contributed by atoms with Crippen LogP contribution in [0.4, 0.5) is 5.82 Å². The summed E-state index contributed by atoms with van der Waals surface area (Å²) in [5.74, 6) is 2.09. The first kappa shape index (κ1) is 23.0. The van der Waals surface area contributed by atoms with Crippen LogP contribution in [0, 0.1) is 13.8 Å². The summed E-state index contributed by atoms with van der Waals surface area (Å²) in [6.07, 6.45) is 0. The van der Waals surface area contributed by atoms with E-state index in [0.717, 1.165) is 58.4 Å². The van der Waals surface area contributed by atoms with Crippen LogP contribution in [0.25, 0.3) is 22.3 Å². The molecule has 3 aromatic heterocycles. The van der Waals surface area contributed by atoms with Gasteiger partial charge >= 0.3 is 0 Å². The quantitative estimate of drug-likeness (QED) is 0.447. The number of fused-ring (bicyclic) bond motifs is 1. The number of aromatic nitrogens is 5. The van der Waals surface area contributed by atoms with Gasteiger partial charge in [-0.25, -0.2) is 15.0 Å². The maximum absolute atomic E-state index is 13.8. The summed E-state index contributed by atoms with van der Waals surface area (Å²) in [7, 11) is 1.87. The van der Waals surface area contributed by atoms with Gasteiger partial charge in [0.25, 0.3) is 5.91 Å². The summed E-state index contributed by atoms with van der Waals surface area (Å²) in [6.45, 7) is 10.9. The lowest BCUT2D eigenvalue weighted by molar-refractivity contribution is 0.0748. The molecule has 0 aliphatic carbocycles.